The molecule has 0 radical (unpaired) electrons. The van der Waals surface area contributed by atoms with E-state index >= 15 is 0 Å². The Bertz CT molecular complexity index is 1450. The Balaban J connectivity index is 1.43. The second-order valence-electron chi connectivity index (χ2n) is 9.60. The van der Waals surface area contributed by atoms with Crippen LogP contribution in [0.2, 0.25) is 0 Å². The van der Waals surface area contributed by atoms with Crippen molar-refractivity contribution in [1.82, 2.24) is 10.2 Å². The molecule has 1 saturated heterocycles. The summed E-state index contributed by atoms with van der Waals surface area (Å²) in [6.07, 6.45) is -2.11. The van der Waals surface area contributed by atoms with Gasteiger partial charge in [-0.05, 0) is 30.2 Å². The minimum atomic E-state index is -1.63. The lowest BCUT2D eigenvalue weighted by atomic mass is 9.91. The topological polar surface area (TPSA) is 171 Å². The van der Waals surface area contributed by atoms with E-state index in [1.165, 1.54) is 49.9 Å². The highest BCUT2D eigenvalue weighted by Gasteiger charge is 2.59. The largest absolute Gasteiger partial charge is 0.508 e. The van der Waals surface area contributed by atoms with E-state index < -0.39 is 51.2 Å². The van der Waals surface area contributed by atoms with Crippen molar-refractivity contribution in [2.75, 3.05) is 18.1 Å². The second-order valence-corrected chi connectivity index (χ2v) is 12.3. The van der Waals surface area contributed by atoms with Gasteiger partial charge in [0.25, 0.3) is 5.69 Å². The van der Waals surface area contributed by atoms with Crippen molar-refractivity contribution in [1.29, 1.82) is 0 Å². The van der Waals surface area contributed by atoms with Crippen molar-refractivity contribution in [2.45, 2.75) is 38.5 Å². The predicted octanol–water partition coefficient (Wildman–Crippen LogP) is 3.01. The Hall–Kier alpha value is -4.24. The molecule has 0 aliphatic carbocycles. The number of nitrogens with zero attached hydrogens (tertiary/aromatic N) is 2. The van der Waals surface area contributed by atoms with Crippen molar-refractivity contribution < 1.29 is 42.5 Å². The molecule has 2 aliphatic rings. The summed E-state index contributed by atoms with van der Waals surface area (Å²) in [5, 5.41) is 12.5. The van der Waals surface area contributed by atoms with Crippen LogP contribution in [-0.4, -0.2) is 67.5 Å². The molecule has 1 N–H and O–H groups in total. The molecule has 1 fully saturated rings. The average Bonchev–Trinajstić information content (AvgIpc) is 2.97. The highest BCUT2D eigenvalue weighted by molar-refractivity contribution is 8.04. The molecule has 228 valence electrons. The summed E-state index contributed by atoms with van der Waals surface area (Å²) < 4.78 is 29.2. The molecule has 0 saturated carbocycles. The summed E-state index contributed by atoms with van der Waals surface area (Å²) in [5.74, 6) is -2.17. The van der Waals surface area contributed by atoms with Crippen LogP contribution in [-0.2, 0) is 52.6 Å². The monoisotopic (exact) mass is 631 g/mol. The van der Waals surface area contributed by atoms with Gasteiger partial charge >= 0.3 is 12.1 Å². The molecule has 2 heterocycles. The van der Waals surface area contributed by atoms with E-state index in [0.29, 0.717) is 22.8 Å². The highest BCUT2D eigenvalue weighted by Crippen LogP contribution is 2.43. The number of non-ortho nitro benzene ring substituents is 1. The number of thioether (sulfide) groups is 1. The number of nitrogens with one attached hydrogen (secondary N) is 1. The summed E-state index contributed by atoms with van der Waals surface area (Å²) in [7, 11) is -1.63. The molecule has 15 heteroatoms. The molecule has 4 rings (SSSR count). The standard InChI is InChI=1S/C28H29N3O10S2/c1-17(41-28(35)40-15-20-8-10-21(11-9-20)31(36)37)23-25(33)30-24(27(34)39-14-19-6-4-3-5-7-19)22(16-43(38)26(23)30)42-13-12-29-18(2)32/h3-11,17,23,26H,12-16H2,1-2H3,(H,29,32)/t17?,23-,26+,43?/m0/s1. The molecule has 13 nitrogen and oxygen atoms in total. The number of hydrogen-bond acceptors (Lipinski definition) is 11. The van der Waals surface area contributed by atoms with Gasteiger partial charge in [-0.3, -0.25) is 28.8 Å². The van der Waals surface area contributed by atoms with E-state index in [2.05, 4.69) is 5.32 Å². The number of amides is 2. The van der Waals surface area contributed by atoms with Gasteiger partial charge in [0.2, 0.25) is 11.8 Å². The van der Waals surface area contributed by atoms with Gasteiger partial charge in [-0.25, -0.2) is 9.59 Å². The summed E-state index contributed by atoms with van der Waals surface area (Å²) in [4.78, 5) is 62.1. The van der Waals surface area contributed by atoms with Crippen LogP contribution in [0.25, 0.3) is 0 Å². The number of ether oxygens (including phenoxy) is 3. The fourth-order valence-electron chi connectivity index (χ4n) is 4.49. The summed E-state index contributed by atoms with van der Waals surface area (Å²) in [6.45, 7) is 2.90. The number of carbonyl (C=O) groups excluding carboxylic acids is 4. The average molecular weight is 632 g/mol. The molecule has 0 spiro atoms. The van der Waals surface area contributed by atoms with Crippen LogP contribution in [0.15, 0.2) is 65.2 Å². The summed E-state index contributed by atoms with van der Waals surface area (Å²) >= 11 is 1.20. The van der Waals surface area contributed by atoms with Crippen molar-refractivity contribution in [3.8, 4) is 0 Å². The molecule has 2 aliphatic heterocycles. The Morgan fingerprint density at radius 1 is 1.09 bits per heavy atom. The summed E-state index contributed by atoms with van der Waals surface area (Å²) in [6, 6.07) is 14.4. The van der Waals surface area contributed by atoms with Gasteiger partial charge in [-0.15, -0.1) is 11.8 Å². The van der Waals surface area contributed by atoms with Crippen LogP contribution in [0, 0.1) is 16.0 Å². The van der Waals surface area contributed by atoms with Crippen molar-refractivity contribution in [3.63, 3.8) is 0 Å². The lowest BCUT2D eigenvalue weighted by Gasteiger charge is -2.50. The Morgan fingerprint density at radius 2 is 1.74 bits per heavy atom. The van der Waals surface area contributed by atoms with E-state index in [1.54, 1.807) is 24.3 Å². The first-order valence-electron chi connectivity index (χ1n) is 13.1. The molecule has 43 heavy (non-hydrogen) atoms. The quantitative estimate of drug-likeness (QED) is 0.120. The van der Waals surface area contributed by atoms with E-state index in [4.69, 9.17) is 14.2 Å². The molecule has 0 aromatic heterocycles. The SMILES string of the molecule is CC(=O)NCCSC1=C(C(=O)OCc2ccccc2)N2C(=O)[C@H](C(C)OC(=O)OCc3ccc([N+](=O)[O-])cc3)[C@H]2S(=O)C1. The predicted molar refractivity (Wildman–Crippen MR) is 155 cm³/mol. The van der Waals surface area contributed by atoms with Crippen LogP contribution in [0.1, 0.15) is 25.0 Å². The Labute approximate surface area is 253 Å². The molecular weight excluding hydrogens is 602 g/mol. The fourth-order valence-corrected chi connectivity index (χ4v) is 7.61. The first-order valence-corrected chi connectivity index (χ1v) is 15.5. The van der Waals surface area contributed by atoms with E-state index in [-0.39, 0.29) is 36.3 Å². The zero-order chi connectivity index (χ0) is 31.1. The third-order valence-corrected chi connectivity index (χ3v) is 9.48. The van der Waals surface area contributed by atoms with Crippen molar-refractivity contribution in [2.24, 2.45) is 5.92 Å². The van der Waals surface area contributed by atoms with Crippen LogP contribution in [0.4, 0.5) is 10.5 Å². The zero-order valence-electron chi connectivity index (χ0n) is 23.3. The highest BCUT2D eigenvalue weighted by atomic mass is 32.2. The maximum absolute atomic E-state index is 13.4. The number of benzene rings is 2. The first-order chi connectivity index (χ1) is 20.6. The third kappa shape index (κ3) is 7.78. The maximum atomic E-state index is 13.4. The molecular formula is C28H29N3O10S2. The van der Waals surface area contributed by atoms with Gasteiger partial charge in [0.1, 0.15) is 36.3 Å². The number of fused-ring (bicyclic) bond motifs is 1. The minimum Gasteiger partial charge on any atom is -0.456 e. The van der Waals surface area contributed by atoms with Crippen LogP contribution in [0.5, 0.6) is 0 Å². The Kier molecular flexibility index (Phi) is 10.5. The number of nitro benzene ring substituents is 1. The lowest BCUT2D eigenvalue weighted by Crippen LogP contribution is -2.68. The van der Waals surface area contributed by atoms with Gasteiger partial charge in [-0.1, -0.05) is 30.3 Å². The Morgan fingerprint density at radius 3 is 2.40 bits per heavy atom. The van der Waals surface area contributed by atoms with Crippen LogP contribution < -0.4 is 5.32 Å². The van der Waals surface area contributed by atoms with Gasteiger partial charge in [0.05, 0.1) is 21.5 Å². The number of hydrogen-bond donors (Lipinski definition) is 1. The van der Waals surface area contributed by atoms with Gasteiger partial charge in [0.15, 0.2) is 0 Å². The molecule has 2 amide bonds. The second kappa shape index (κ2) is 14.3. The fraction of sp³-hybridized carbons (Fsp3) is 0.357. The first kappa shape index (κ1) is 31.7. The van der Waals surface area contributed by atoms with Crippen LogP contribution in [0.3, 0.4) is 0 Å². The van der Waals surface area contributed by atoms with Crippen molar-refractivity contribution >= 4 is 52.2 Å². The van der Waals surface area contributed by atoms with Gasteiger partial charge in [0, 0.05) is 36.3 Å². The minimum absolute atomic E-state index is 0.0115. The van der Waals surface area contributed by atoms with Gasteiger partial charge < -0.3 is 19.5 Å². The van der Waals surface area contributed by atoms with E-state index in [9.17, 15) is 33.5 Å². The molecule has 2 aromatic rings. The summed E-state index contributed by atoms with van der Waals surface area (Å²) in [5.41, 5.74) is 1.11. The molecule has 2 unspecified atom stereocenters. The number of esters is 1. The van der Waals surface area contributed by atoms with E-state index in [1.807, 2.05) is 6.07 Å². The maximum Gasteiger partial charge on any atom is 0.508 e. The molecule has 0 bridgehead atoms. The number of rotatable bonds is 12. The number of β-lactam (4-membered cyclic amide) rings is 1. The van der Waals surface area contributed by atoms with Crippen LogP contribution >= 0.6 is 11.8 Å². The van der Waals surface area contributed by atoms with E-state index in [0.717, 1.165) is 10.5 Å². The zero-order valence-corrected chi connectivity index (χ0v) is 24.9. The molecule has 4 atom stereocenters. The lowest BCUT2D eigenvalue weighted by molar-refractivity contribution is -0.384. The normalized spacial score (nSPS) is 19.9. The smallest absolute Gasteiger partial charge is 0.456 e. The van der Waals surface area contributed by atoms with Crippen molar-refractivity contribution in [3.05, 3.63) is 86.4 Å². The molecule has 2 aromatic carbocycles. The number of nitro groups is 1. The number of carbonyl (C=O) groups is 4. The van der Waals surface area contributed by atoms with Gasteiger partial charge in [-0.2, -0.15) is 0 Å². The third-order valence-electron chi connectivity index (χ3n) is 6.58.